The van der Waals surface area contributed by atoms with Crippen molar-refractivity contribution >= 4 is 13.9 Å². The third-order valence-corrected chi connectivity index (χ3v) is 11.1. The quantitative estimate of drug-likeness (QED) is 0.0473. The van der Waals surface area contributed by atoms with Gasteiger partial charge in [0.05, 0.1) is 25.4 Å². The van der Waals surface area contributed by atoms with Crippen molar-refractivity contribution in [3.63, 3.8) is 0 Å². The smallest absolute Gasteiger partial charge is 0.325 e. The van der Waals surface area contributed by atoms with E-state index < -0.39 is 13.9 Å². The van der Waals surface area contributed by atoms with E-state index in [9.17, 15) is 9.36 Å². The van der Waals surface area contributed by atoms with Gasteiger partial charge in [-0.1, -0.05) is 170 Å². The Morgan fingerprint density at radius 2 is 0.898 bits per heavy atom. The molecule has 0 bridgehead atoms. The molecule has 0 saturated carbocycles. The fourth-order valence-corrected chi connectivity index (χ4v) is 7.88. The van der Waals surface area contributed by atoms with E-state index in [0.717, 1.165) is 109 Å². The number of nitrogens with zero attached hydrogens (tertiary/aromatic N) is 2. The van der Waals surface area contributed by atoms with E-state index in [4.69, 9.17) is 13.6 Å². The van der Waals surface area contributed by atoms with Crippen LogP contribution in [0, 0.1) is 0 Å². The van der Waals surface area contributed by atoms with Gasteiger partial charge in [-0.15, -0.1) is 0 Å². The van der Waals surface area contributed by atoms with Gasteiger partial charge in [0, 0.05) is 19.6 Å². The molecule has 0 aliphatic carbocycles. The summed E-state index contributed by atoms with van der Waals surface area (Å²) >= 11 is 0. The summed E-state index contributed by atoms with van der Waals surface area (Å²) in [4.78, 5) is 18.6. The van der Waals surface area contributed by atoms with Crippen LogP contribution in [0.3, 0.4) is 0 Å². The number of carbonyl (C=O) groups is 1. The first-order chi connectivity index (χ1) is 23.9. The van der Waals surface area contributed by atoms with E-state index >= 15 is 0 Å². The van der Waals surface area contributed by atoms with E-state index in [0.29, 0.717) is 19.8 Å². The molecule has 7 nitrogen and oxygen atoms in total. The molecule has 0 N–H and O–H groups in total. The van der Waals surface area contributed by atoms with Gasteiger partial charge in [0.25, 0.3) is 0 Å². The summed E-state index contributed by atoms with van der Waals surface area (Å²) in [5, 5.41) is 0. The second-order valence-corrected chi connectivity index (χ2v) is 16.0. The highest BCUT2D eigenvalue weighted by molar-refractivity contribution is 7.48. The number of hydrogen-bond acceptors (Lipinski definition) is 5. The van der Waals surface area contributed by atoms with Crippen molar-refractivity contribution in [3.8, 4) is 0 Å². The van der Waals surface area contributed by atoms with Crippen LogP contribution in [0.15, 0.2) is 0 Å². The first kappa shape index (κ1) is 48.4. The average Bonchev–Trinajstić information content (AvgIpc) is 3.10. The zero-order chi connectivity index (χ0) is 36.4. The highest BCUT2D eigenvalue weighted by Gasteiger charge is 2.39. The highest BCUT2D eigenvalue weighted by Crippen LogP contribution is 2.52. The molecule has 0 aliphatic rings. The standard InChI is InChI=1S/C41H85N2O5P/c1-8-15-21-24-27-30-37-46-49(45,47-38-31-28-25-22-16-9-2)48-40(33-29-26-23-17-10-3)39(32-14-7)43(36-20-13-6)41(44)42(34-18-11-4)35-19-12-5/h39-40H,8-38H2,1-7H3. The summed E-state index contributed by atoms with van der Waals surface area (Å²) < 4.78 is 33.6. The van der Waals surface area contributed by atoms with Crippen LogP contribution in [0.5, 0.6) is 0 Å². The van der Waals surface area contributed by atoms with E-state index in [1.165, 1.54) is 70.6 Å². The lowest BCUT2D eigenvalue weighted by molar-refractivity contribution is 0.0182. The van der Waals surface area contributed by atoms with Gasteiger partial charge in [-0.3, -0.25) is 13.6 Å². The number of unbranched alkanes of at least 4 members (excludes halogenated alkanes) is 17. The number of phosphoric ester groups is 1. The van der Waals surface area contributed by atoms with Crippen LogP contribution in [0.4, 0.5) is 4.79 Å². The van der Waals surface area contributed by atoms with Crippen LogP contribution < -0.4 is 0 Å². The molecule has 2 atom stereocenters. The molecule has 0 rings (SSSR count). The topological polar surface area (TPSA) is 68.3 Å². The van der Waals surface area contributed by atoms with Crippen molar-refractivity contribution < 1.29 is 22.9 Å². The van der Waals surface area contributed by atoms with Crippen LogP contribution in [0.2, 0.25) is 0 Å². The Hall–Kier alpha value is -0.620. The monoisotopic (exact) mass is 717 g/mol. The normalized spacial score (nSPS) is 13.1. The molecule has 0 aromatic heterocycles. The maximum atomic E-state index is 14.6. The number of urea groups is 1. The minimum Gasteiger partial charge on any atom is -0.325 e. The molecule has 0 aromatic carbocycles. The predicted octanol–water partition coefficient (Wildman–Crippen LogP) is 13.9. The van der Waals surface area contributed by atoms with E-state index in [2.05, 4.69) is 58.3 Å². The Kier molecular flexibility index (Phi) is 34.0. The van der Waals surface area contributed by atoms with Crippen LogP contribution in [-0.2, 0) is 18.1 Å². The molecule has 0 radical (unpaired) electrons. The van der Waals surface area contributed by atoms with Crippen LogP contribution in [0.25, 0.3) is 0 Å². The summed E-state index contributed by atoms with van der Waals surface area (Å²) in [6, 6.07) is -0.0613. The molecule has 8 heteroatoms. The van der Waals surface area contributed by atoms with Crippen molar-refractivity contribution in [3.05, 3.63) is 0 Å². The Labute approximate surface area is 306 Å². The summed E-state index contributed by atoms with van der Waals surface area (Å²) in [6.07, 6.45) is 27.4. The molecule has 2 amide bonds. The van der Waals surface area contributed by atoms with Gasteiger partial charge in [-0.2, -0.15) is 0 Å². The lowest BCUT2D eigenvalue weighted by atomic mass is 9.97. The first-order valence-corrected chi connectivity index (χ1v) is 23.0. The maximum absolute atomic E-state index is 14.6. The molecule has 49 heavy (non-hydrogen) atoms. The zero-order valence-electron chi connectivity index (χ0n) is 34.0. The number of hydrogen-bond donors (Lipinski definition) is 0. The Morgan fingerprint density at radius 3 is 1.35 bits per heavy atom. The largest absolute Gasteiger partial charge is 0.475 e. The van der Waals surface area contributed by atoms with E-state index in [1.807, 2.05) is 0 Å². The molecule has 0 spiro atoms. The van der Waals surface area contributed by atoms with Gasteiger partial charge in [0.15, 0.2) is 0 Å². The van der Waals surface area contributed by atoms with Crippen molar-refractivity contribution in [2.45, 2.75) is 228 Å². The SMILES string of the molecule is CCCCCCCCOP(=O)(OCCCCCCCC)OC(CCCCCCC)C(CCC)N(CCCC)C(=O)N(CCCC)CCCC. The van der Waals surface area contributed by atoms with Gasteiger partial charge < -0.3 is 9.80 Å². The van der Waals surface area contributed by atoms with Crippen molar-refractivity contribution in [1.29, 1.82) is 0 Å². The fraction of sp³-hybridized carbons (Fsp3) is 0.976. The Morgan fingerprint density at radius 1 is 0.490 bits per heavy atom. The molecule has 0 aliphatic heterocycles. The summed E-state index contributed by atoms with van der Waals surface area (Å²) in [5.74, 6) is 0. The summed E-state index contributed by atoms with van der Waals surface area (Å²) in [7, 11) is -3.84. The molecule has 294 valence electrons. The highest BCUT2D eigenvalue weighted by atomic mass is 31.2. The summed E-state index contributed by atoms with van der Waals surface area (Å²) in [5.41, 5.74) is 0. The van der Waals surface area contributed by atoms with Gasteiger partial charge in [-0.05, 0) is 44.9 Å². The van der Waals surface area contributed by atoms with Crippen molar-refractivity contribution in [2.75, 3.05) is 32.8 Å². The second-order valence-electron chi connectivity index (χ2n) is 14.4. The van der Waals surface area contributed by atoms with Gasteiger partial charge in [0.2, 0.25) is 0 Å². The zero-order valence-corrected chi connectivity index (χ0v) is 34.9. The molecular weight excluding hydrogens is 631 g/mol. The Balaban J connectivity index is 6.32. The van der Waals surface area contributed by atoms with E-state index in [-0.39, 0.29) is 12.1 Å². The third kappa shape index (κ3) is 25.1. The first-order valence-electron chi connectivity index (χ1n) is 21.5. The number of phosphoric acid groups is 1. The average molecular weight is 717 g/mol. The third-order valence-electron chi connectivity index (χ3n) is 9.60. The van der Waals surface area contributed by atoms with Gasteiger partial charge >= 0.3 is 13.9 Å². The maximum Gasteiger partial charge on any atom is 0.475 e. The lowest BCUT2D eigenvalue weighted by Crippen LogP contribution is -2.53. The minimum absolute atomic E-state index is 0.115. The van der Waals surface area contributed by atoms with Gasteiger partial charge in [-0.25, -0.2) is 9.36 Å². The van der Waals surface area contributed by atoms with Crippen molar-refractivity contribution in [2.24, 2.45) is 0 Å². The minimum atomic E-state index is -3.84. The number of amides is 2. The van der Waals surface area contributed by atoms with Crippen LogP contribution in [-0.4, -0.2) is 60.8 Å². The van der Waals surface area contributed by atoms with Gasteiger partial charge in [0.1, 0.15) is 0 Å². The molecular formula is C41H85N2O5P. The van der Waals surface area contributed by atoms with Crippen LogP contribution in [0.1, 0.15) is 215 Å². The Bertz CT molecular complexity index is 740. The molecule has 0 saturated heterocycles. The number of carbonyl (C=O) groups excluding carboxylic acids is 1. The molecule has 2 unspecified atom stereocenters. The fourth-order valence-electron chi connectivity index (χ4n) is 6.40. The van der Waals surface area contributed by atoms with E-state index in [1.54, 1.807) is 0 Å². The van der Waals surface area contributed by atoms with Crippen molar-refractivity contribution in [1.82, 2.24) is 9.80 Å². The molecule has 0 fully saturated rings. The number of rotatable bonds is 37. The molecule has 0 aromatic rings. The lowest BCUT2D eigenvalue weighted by Gasteiger charge is -2.40. The van der Waals surface area contributed by atoms with Crippen LogP contribution >= 0.6 is 7.82 Å². The predicted molar refractivity (Wildman–Crippen MR) is 212 cm³/mol. The second kappa shape index (κ2) is 34.5. The molecule has 0 heterocycles. The summed E-state index contributed by atoms with van der Waals surface area (Å²) in [6.45, 7) is 18.4.